The second-order valence-electron chi connectivity index (χ2n) is 6.33. The molecule has 0 aliphatic carbocycles. The van der Waals surface area contributed by atoms with E-state index in [1.807, 2.05) is 12.1 Å². The van der Waals surface area contributed by atoms with Crippen molar-refractivity contribution in [1.82, 2.24) is 9.88 Å². The Morgan fingerprint density at radius 1 is 1.12 bits per heavy atom. The van der Waals surface area contributed by atoms with Gasteiger partial charge in [-0.2, -0.15) is 0 Å². The maximum absolute atomic E-state index is 12.5. The lowest BCUT2D eigenvalue weighted by molar-refractivity contribution is -0.133. The molecule has 136 valence electrons. The van der Waals surface area contributed by atoms with Gasteiger partial charge in [-0.05, 0) is 49.2 Å². The van der Waals surface area contributed by atoms with Gasteiger partial charge in [0.1, 0.15) is 11.9 Å². The van der Waals surface area contributed by atoms with E-state index in [2.05, 4.69) is 4.98 Å². The summed E-state index contributed by atoms with van der Waals surface area (Å²) in [5.41, 5.74) is 0.583. The van der Waals surface area contributed by atoms with E-state index < -0.39 is 0 Å². The quantitative estimate of drug-likeness (QED) is 0.724. The van der Waals surface area contributed by atoms with Gasteiger partial charge in [-0.25, -0.2) is 0 Å². The van der Waals surface area contributed by atoms with Crippen LogP contribution in [-0.4, -0.2) is 40.8 Å². The van der Waals surface area contributed by atoms with Crippen LogP contribution < -0.4 is 4.74 Å². The number of rotatable bonds is 6. The Balaban J connectivity index is 1.49. The monoisotopic (exact) mass is 372 g/mol. The summed E-state index contributed by atoms with van der Waals surface area (Å²) in [7, 11) is 0. The number of likely N-dealkylation sites (tertiary alicyclic amines) is 1. The predicted octanol–water partition coefficient (Wildman–Crippen LogP) is 3.77. The number of carbonyl (C=O) groups is 2. The van der Waals surface area contributed by atoms with E-state index in [1.54, 1.807) is 41.6 Å². The smallest absolute Gasteiger partial charge is 0.223 e. The molecule has 5 nitrogen and oxygen atoms in total. The van der Waals surface area contributed by atoms with Crippen molar-refractivity contribution in [2.24, 2.45) is 0 Å². The first kappa shape index (κ1) is 18.4. The van der Waals surface area contributed by atoms with Gasteiger partial charge in [0.25, 0.3) is 0 Å². The third-order valence-corrected chi connectivity index (χ3v) is 4.67. The van der Waals surface area contributed by atoms with Gasteiger partial charge in [0, 0.05) is 42.4 Å². The van der Waals surface area contributed by atoms with Crippen LogP contribution in [0.25, 0.3) is 0 Å². The van der Waals surface area contributed by atoms with Gasteiger partial charge >= 0.3 is 0 Å². The molecule has 0 spiro atoms. The molecule has 6 heteroatoms. The van der Waals surface area contributed by atoms with Crippen LogP contribution in [0.4, 0.5) is 0 Å². The minimum atomic E-state index is -0.0448. The third kappa shape index (κ3) is 5.05. The number of benzene rings is 1. The third-order valence-electron chi connectivity index (χ3n) is 4.42. The molecule has 0 bridgehead atoms. The fourth-order valence-electron chi connectivity index (χ4n) is 3.03. The molecule has 0 radical (unpaired) electrons. The van der Waals surface area contributed by atoms with E-state index in [1.165, 1.54) is 0 Å². The second-order valence-corrected chi connectivity index (χ2v) is 6.77. The Hall–Kier alpha value is -2.40. The minimum Gasteiger partial charge on any atom is -0.488 e. The second kappa shape index (κ2) is 8.81. The van der Waals surface area contributed by atoms with Crippen LogP contribution in [0.2, 0.25) is 5.02 Å². The first-order chi connectivity index (χ1) is 12.6. The predicted molar refractivity (Wildman–Crippen MR) is 99.5 cm³/mol. The van der Waals surface area contributed by atoms with Gasteiger partial charge in [0.2, 0.25) is 5.91 Å². The zero-order valence-corrected chi connectivity index (χ0v) is 15.2. The van der Waals surface area contributed by atoms with Gasteiger partial charge in [-0.1, -0.05) is 11.6 Å². The van der Waals surface area contributed by atoms with Gasteiger partial charge in [0.15, 0.2) is 5.78 Å². The van der Waals surface area contributed by atoms with Crippen LogP contribution in [0, 0.1) is 0 Å². The number of carbonyl (C=O) groups excluding carboxylic acids is 2. The fraction of sp³-hybridized carbons (Fsp3) is 0.350. The van der Waals surface area contributed by atoms with E-state index in [4.69, 9.17) is 16.3 Å². The molecular weight excluding hydrogens is 352 g/mol. The van der Waals surface area contributed by atoms with Gasteiger partial charge in [-0.15, -0.1) is 0 Å². The topological polar surface area (TPSA) is 59.5 Å². The highest BCUT2D eigenvalue weighted by Crippen LogP contribution is 2.19. The Labute approximate surface area is 157 Å². The Bertz CT molecular complexity index is 749. The summed E-state index contributed by atoms with van der Waals surface area (Å²) in [5.74, 6) is 0.712. The number of ketones is 1. The van der Waals surface area contributed by atoms with Crippen LogP contribution in [0.5, 0.6) is 5.75 Å². The van der Waals surface area contributed by atoms with E-state index in [0.717, 1.165) is 18.6 Å². The van der Waals surface area contributed by atoms with Gasteiger partial charge in [0.05, 0.1) is 6.54 Å². The molecule has 26 heavy (non-hydrogen) atoms. The molecule has 2 heterocycles. The van der Waals surface area contributed by atoms with Crippen LogP contribution in [0.15, 0.2) is 48.8 Å². The van der Waals surface area contributed by atoms with Crippen LogP contribution in [0.3, 0.4) is 0 Å². The SMILES string of the molecule is O=C(CCC(=O)N1CCCC(Oc2ccncc2)C1)c1ccc(Cl)cc1. The number of amides is 1. The Kier molecular flexibility index (Phi) is 6.23. The summed E-state index contributed by atoms with van der Waals surface area (Å²) < 4.78 is 5.93. The summed E-state index contributed by atoms with van der Waals surface area (Å²) in [5, 5.41) is 0.589. The molecule has 1 amide bonds. The van der Waals surface area contributed by atoms with Crippen molar-refractivity contribution < 1.29 is 14.3 Å². The highest BCUT2D eigenvalue weighted by atomic mass is 35.5. The van der Waals surface area contributed by atoms with E-state index >= 15 is 0 Å². The number of hydrogen-bond donors (Lipinski definition) is 0. The molecule has 1 fully saturated rings. The van der Waals surface area contributed by atoms with Crippen LogP contribution in [0.1, 0.15) is 36.0 Å². The Morgan fingerprint density at radius 3 is 2.58 bits per heavy atom. The largest absolute Gasteiger partial charge is 0.488 e. The van der Waals surface area contributed by atoms with Crippen molar-refractivity contribution in [2.75, 3.05) is 13.1 Å². The summed E-state index contributed by atoms with van der Waals surface area (Å²) >= 11 is 5.83. The molecule has 3 rings (SSSR count). The fourth-order valence-corrected chi connectivity index (χ4v) is 3.15. The molecule has 1 aliphatic rings. The normalized spacial score (nSPS) is 17.0. The molecule has 2 aromatic rings. The summed E-state index contributed by atoms with van der Waals surface area (Å²) in [4.78, 5) is 30.4. The molecule has 1 atom stereocenters. The van der Waals surface area contributed by atoms with E-state index in [9.17, 15) is 9.59 Å². The molecule has 1 aromatic heterocycles. The molecule has 1 saturated heterocycles. The average molecular weight is 373 g/mol. The number of halogens is 1. The number of pyridine rings is 1. The summed E-state index contributed by atoms with van der Waals surface area (Å²) in [6, 6.07) is 10.4. The van der Waals surface area contributed by atoms with E-state index in [-0.39, 0.29) is 30.6 Å². The first-order valence-electron chi connectivity index (χ1n) is 8.75. The maximum Gasteiger partial charge on any atom is 0.223 e. The standard InChI is InChI=1S/C20H21ClN2O3/c21-16-5-3-15(4-6-16)19(24)7-8-20(25)23-13-1-2-18(14-23)26-17-9-11-22-12-10-17/h3-6,9-12,18H,1-2,7-8,13-14H2. The zero-order valence-electron chi connectivity index (χ0n) is 14.4. The number of Topliss-reactive ketones (excluding diaryl/α,β-unsaturated/α-hetero) is 1. The Morgan fingerprint density at radius 2 is 1.85 bits per heavy atom. The highest BCUT2D eigenvalue weighted by Gasteiger charge is 2.25. The lowest BCUT2D eigenvalue weighted by Crippen LogP contribution is -2.44. The highest BCUT2D eigenvalue weighted by molar-refractivity contribution is 6.30. The van der Waals surface area contributed by atoms with Crippen molar-refractivity contribution in [1.29, 1.82) is 0 Å². The van der Waals surface area contributed by atoms with E-state index in [0.29, 0.717) is 23.7 Å². The van der Waals surface area contributed by atoms with Crippen molar-refractivity contribution >= 4 is 23.3 Å². The number of nitrogens with zero attached hydrogens (tertiary/aromatic N) is 2. The molecule has 0 N–H and O–H groups in total. The van der Waals surface area contributed by atoms with Crippen LogP contribution in [-0.2, 0) is 4.79 Å². The summed E-state index contributed by atoms with van der Waals surface area (Å²) in [6.45, 7) is 1.26. The number of ether oxygens (including phenoxy) is 1. The van der Waals surface area contributed by atoms with Crippen molar-refractivity contribution in [3.05, 3.63) is 59.4 Å². The van der Waals surface area contributed by atoms with Crippen LogP contribution >= 0.6 is 11.6 Å². The molecule has 1 aliphatic heterocycles. The first-order valence-corrected chi connectivity index (χ1v) is 9.13. The molecule has 0 saturated carbocycles. The van der Waals surface area contributed by atoms with Crippen molar-refractivity contribution in [3.63, 3.8) is 0 Å². The molecule has 1 unspecified atom stereocenters. The zero-order chi connectivity index (χ0) is 18.4. The molecular formula is C20H21ClN2O3. The van der Waals surface area contributed by atoms with Gasteiger partial charge < -0.3 is 9.64 Å². The summed E-state index contributed by atoms with van der Waals surface area (Å²) in [6.07, 6.45) is 5.56. The number of hydrogen-bond acceptors (Lipinski definition) is 4. The maximum atomic E-state index is 12.5. The number of aromatic nitrogens is 1. The van der Waals surface area contributed by atoms with Crippen molar-refractivity contribution in [3.8, 4) is 5.75 Å². The lowest BCUT2D eigenvalue weighted by Gasteiger charge is -2.33. The number of piperidine rings is 1. The average Bonchev–Trinajstić information content (AvgIpc) is 2.67. The van der Waals surface area contributed by atoms with Crippen molar-refractivity contribution in [2.45, 2.75) is 31.8 Å². The minimum absolute atomic E-state index is 0.00431. The molecule has 1 aromatic carbocycles. The van der Waals surface area contributed by atoms with Gasteiger partial charge in [-0.3, -0.25) is 14.6 Å². The lowest BCUT2D eigenvalue weighted by atomic mass is 10.0.